The van der Waals surface area contributed by atoms with E-state index in [1.807, 2.05) is 19.1 Å². The number of ether oxygens (including phenoxy) is 3. The third-order valence-electron chi connectivity index (χ3n) is 9.04. The molecule has 1 aliphatic heterocycles. The summed E-state index contributed by atoms with van der Waals surface area (Å²) in [6.07, 6.45) is -5.12. The summed E-state index contributed by atoms with van der Waals surface area (Å²) in [6, 6.07) is 5.42. The SMILES string of the molecule is CC1COC(c2ccc(C3CCC(C4CCC(C(F)(F)Oc5cc(F)c(C(F)(F)F)c(F)c5)CC4)CC3)c(F)c2)OC1. The smallest absolute Gasteiger partial charge is 0.422 e. The maximum absolute atomic E-state index is 15.1. The Labute approximate surface area is 239 Å². The van der Waals surface area contributed by atoms with Gasteiger partial charge in [0.25, 0.3) is 0 Å². The molecular formula is C31H34F8O3. The van der Waals surface area contributed by atoms with Crippen LogP contribution in [0.2, 0.25) is 0 Å². The second kappa shape index (κ2) is 12.3. The molecular weight excluding hydrogens is 572 g/mol. The van der Waals surface area contributed by atoms with Crippen LogP contribution in [-0.2, 0) is 15.7 Å². The number of halogens is 8. The normalized spacial score (nSPS) is 29.4. The van der Waals surface area contributed by atoms with E-state index in [1.54, 1.807) is 0 Å². The Morgan fingerprint density at radius 1 is 0.714 bits per heavy atom. The Bertz CT molecular complexity index is 1200. The molecule has 2 aromatic rings. The molecule has 5 rings (SSSR count). The lowest BCUT2D eigenvalue weighted by atomic mass is 9.68. The third kappa shape index (κ3) is 6.87. The zero-order valence-electron chi connectivity index (χ0n) is 23.2. The minimum atomic E-state index is -5.30. The van der Waals surface area contributed by atoms with Gasteiger partial charge in [-0.3, -0.25) is 0 Å². The van der Waals surface area contributed by atoms with E-state index in [4.69, 9.17) is 9.47 Å². The van der Waals surface area contributed by atoms with Crippen LogP contribution in [0.1, 0.15) is 87.2 Å². The highest BCUT2D eigenvalue weighted by Crippen LogP contribution is 2.47. The lowest BCUT2D eigenvalue weighted by molar-refractivity contribution is -0.224. The van der Waals surface area contributed by atoms with Gasteiger partial charge in [0.05, 0.1) is 19.1 Å². The van der Waals surface area contributed by atoms with Crippen molar-refractivity contribution in [3.63, 3.8) is 0 Å². The Morgan fingerprint density at radius 2 is 1.26 bits per heavy atom. The molecule has 0 radical (unpaired) electrons. The predicted molar refractivity (Wildman–Crippen MR) is 137 cm³/mol. The van der Waals surface area contributed by atoms with Gasteiger partial charge in [-0.1, -0.05) is 19.1 Å². The number of rotatable bonds is 6. The van der Waals surface area contributed by atoms with Crippen LogP contribution in [0, 0.1) is 41.1 Å². The highest BCUT2D eigenvalue weighted by Gasteiger charge is 2.46. The Morgan fingerprint density at radius 3 is 1.79 bits per heavy atom. The molecule has 2 aliphatic carbocycles. The molecule has 0 bridgehead atoms. The summed E-state index contributed by atoms with van der Waals surface area (Å²) in [5, 5.41) is 0. The molecule has 3 aliphatic rings. The van der Waals surface area contributed by atoms with E-state index >= 15 is 4.39 Å². The highest BCUT2D eigenvalue weighted by molar-refractivity contribution is 5.32. The lowest BCUT2D eigenvalue weighted by Gasteiger charge is -2.39. The fourth-order valence-corrected chi connectivity index (χ4v) is 6.76. The summed E-state index contributed by atoms with van der Waals surface area (Å²) in [5.74, 6) is -5.61. The van der Waals surface area contributed by atoms with Crippen molar-refractivity contribution in [3.05, 3.63) is 64.5 Å². The van der Waals surface area contributed by atoms with Crippen LogP contribution in [-0.4, -0.2) is 19.3 Å². The molecule has 2 aromatic carbocycles. The monoisotopic (exact) mass is 606 g/mol. The van der Waals surface area contributed by atoms with E-state index in [1.165, 1.54) is 6.07 Å². The Balaban J connectivity index is 1.12. The summed E-state index contributed by atoms with van der Waals surface area (Å²) in [6.45, 7) is 3.14. The second-order valence-electron chi connectivity index (χ2n) is 12.0. The number of hydrogen-bond acceptors (Lipinski definition) is 3. The first-order chi connectivity index (χ1) is 19.8. The van der Waals surface area contributed by atoms with Crippen molar-refractivity contribution in [1.82, 2.24) is 0 Å². The average molecular weight is 607 g/mol. The van der Waals surface area contributed by atoms with Crippen LogP contribution < -0.4 is 4.74 Å². The topological polar surface area (TPSA) is 27.7 Å². The molecule has 3 fully saturated rings. The van der Waals surface area contributed by atoms with Crippen molar-refractivity contribution in [2.75, 3.05) is 13.2 Å². The quantitative estimate of drug-likeness (QED) is 0.307. The first kappa shape index (κ1) is 31.0. The highest BCUT2D eigenvalue weighted by atomic mass is 19.4. The number of hydrogen-bond donors (Lipinski definition) is 0. The fraction of sp³-hybridized carbons (Fsp3) is 0.613. The van der Waals surface area contributed by atoms with E-state index in [-0.39, 0.29) is 42.6 Å². The first-order valence-electron chi connectivity index (χ1n) is 14.5. The molecule has 1 heterocycles. The van der Waals surface area contributed by atoms with Crippen molar-refractivity contribution in [2.24, 2.45) is 23.7 Å². The summed E-state index contributed by atoms with van der Waals surface area (Å²) in [4.78, 5) is 0. The van der Waals surface area contributed by atoms with Crippen LogP contribution in [0.15, 0.2) is 30.3 Å². The average Bonchev–Trinajstić information content (AvgIpc) is 2.92. The van der Waals surface area contributed by atoms with E-state index in [0.29, 0.717) is 49.0 Å². The summed E-state index contributed by atoms with van der Waals surface area (Å²) in [7, 11) is 0. The maximum atomic E-state index is 15.1. The molecule has 0 atom stereocenters. The second-order valence-corrected chi connectivity index (χ2v) is 12.0. The molecule has 3 nitrogen and oxygen atoms in total. The van der Waals surface area contributed by atoms with Gasteiger partial charge >= 0.3 is 12.3 Å². The summed E-state index contributed by atoms with van der Waals surface area (Å²) >= 11 is 0. The van der Waals surface area contributed by atoms with Crippen LogP contribution >= 0.6 is 0 Å². The van der Waals surface area contributed by atoms with E-state index in [0.717, 1.165) is 25.7 Å². The van der Waals surface area contributed by atoms with Gasteiger partial charge in [-0.2, -0.15) is 22.0 Å². The van der Waals surface area contributed by atoms with Crippen molar-refractivity contribution in [3.8, 4) is 5.75 Å². The van der Waals surface area contributed by atoms with E-state index < -0.39 is 47.4 Å². The van der Waals surface area contributed by atoms with Crippen molar-refractivity contribution in [1.29, 1.82) is 0 Å². The Hall–Kier alpha value is -2.40. The molecule has 1 saturated heterocycles. The minimum Gasteiger partial charge on any atom is -0.432 e. The van der Waals surface area contributed by atoms with Crippen LogP contribution in [0.4, 0.5) is 35.1 Å². The zero-order valence-corrected chi connectivity index (χ0v) is 23.2. The van der Waals surface area contributed by atoms with Crippen molar-refractivity contribution in [2.45, 2.75) is 82.8 Å². The van der Waals surface area contributed by atoms with Crippen LogP contribution in [0.5, 0.6) is 5.75 Å². The Kier molecular flexibility index (Phi) is 9.09. The number of benzene rings is 2. The van der Waals surface area contributed by atoms with Crippen LogP contribution in [0.3, 0.4) is 0 Å². The molecule has 0 spiro atoms. The van der Waals surface area contributed by atoms with Crippen molar-refractivity contribution < 1.29 is 49.3 Å². The fourth-order valence-electron chi connectivity index (χ4n) is 6.76. The third-order valence-corrected chi connectivity index (χ3v) is 9.04. The van der Waals surface area contributed by atoms with Gasteiger partial charge in [0.15, 0.2) is 6.29 Å². The molecule has 0 amide bonds. The standard InChI is InChI=1S/C31H34F8O3/c1-17-15-40-29(41-16-17)21-8-11-24(25(32)12-21)20-4-2-18(3-5-20)19-6-9-22(10-7-19)31(38,39)42-23-13-26(33)28(27(34)14-23)30(35,36)37/h8,11-14,17-20,22,29H,2-7,9-10,15-16H2,1H3. The maximum Gasteiger partial charge on any atom is 0.422 e. The van der Waals surface area contributed by atoms with Gasteiger partial charge in [-0.15, -0.1) is 0 Å². The molecule has 2 saturated carbocycles. The zero-order chi connectivity index (χ0) is 30.2. The first-order valence-corrected chi connectivity index (χ1v) is 14.5. The summed E-state index contributed by atoms with van der Waals surface area (Å²) in [5.41, 5.74) is -0.826. The van der Waals surface area contributed by atoms with E-state index in [9.17, 15) is 30.7 Å². The minimum absolute atomic E-state index is 0.0714. The van der Waals surface area contributed by atoms with Gasteiger partial charge in [0.2, 0.25) is 0 Å². The van der Waals surface area contributed by atoms with Crippen molar-refractivity contribution >= 4 is 0 Å². The van der Waals surface area contributed by atoms with Gasteiger partial charge in [-0.25, -0.2) is 13.2 Å². The molecule has 42 heavy (non-hydrogen) atoms. The molecule has 232 valence electrons. The molecule has 0 unspecified atom stereocenters. The summed E-state index contributed by atoms with van der Waals surface area (Å²) < 4.78 is 127. The largest absolute Gasteiger partial charge is 0.432 e. The van der Waals surface area contributed by atoms with Crippen LogP contribution in [0.25, 0.3) is 0 Å². The van der Waals surface area contributed by atoms with E-state index in [2.05, 4.69) is 4.74 Å². The van der Waals surface area contributed by atoms with Gasteiger partial charge in [0.1, 0.15) is 28.8 Å². The predicted octanol–water partition coefficient (Wildman–Crippen LogP) is 9.56. The number of alkyl halides is 5. The van der Waals surface area contributed by atoms with Gasteiger partial charge < -0.3 is 14.2 Å². The molecule has 11 heteroatoms. The molecule has 0 N–H and O–H groups in total. The lowest BCUT2D eigenvalue weighted by Crippen LogP contribution is -2.38. The van der Waals surface area contributed by atoms with Gasteiger partial charge in [0, 0.05) is 23.6 Å². The molecule has 0 aromatic heterocycles. The van der Waals surface area contributed by atoms with Gasteiger partial charge in [-0.05, 0) is 80.8 Å².